The van der Waals surface area contributed by atoms with E-state index in [0.717, 1.165) is 0 Å². The minimum Gasteiger partial charge on any atom is -0.477 e. The third-order valence-electron chi connectivity index (χ3n) is 1.80. The van der Waals surface area contributed by atoms with Crippen LogP contribution in [0, 0.1) is 5.82 Å². The molecule has 0 aromatic carbocycles. The normalized spacial score (nSPS) is 10.7. The van der Waals surface area contributed by atoms with Crippen molar-refractivity contribution in [3.05, 3.63) is 28.9 Å². The van der Waals surface area contributed by atoms with E-state index in [4.69, 9.17) is 16.7 Å². The number of H-pyrrole nitrogens is 1. The molecule has 2 rings (SSSR count). The lowest BCUT2D eigenvalue weighted by Crippen LogP contribution is -1.94. The van der Waals surface area contributed by atoms with Crippen molar-refractivity contribution in [3.63, 3.8) is 0 Å². The molecule has 0 saturated carbocycles. The Morgan fingerprint density at radius 3 is 3.00 bits per heavy atom. The lowest BCUT2D eigenvalue weighted by molar-refractivity contribution is 0.0691. The number of fused-ring (bicyclic) bond motifs is 1. The zero-order valence-electron chi connectivity index (χ0n) is 6.71. The first kappa shape index (κ1) is 8.96. The zero-order chi connectivity index (χ0) is 10.3. The smallest absolute Gasteiger partial charge is 0.352 e. The van der Waals surface area contributed by atoms with Crippen LogP contribution < -0.4 is 0 Å². The number of aromatic carboxylic acids is 1. The number of rotatable bonds is 1. The van der Waals surface area contributed by atoms with Gasteiger partial charge in [0.05, 0.1) is 11.7 Å². The fourth-order valence-corrected chi connectivity index (χ4v) is 1.31. The predicted molar refractivity (Wildman–Crippen MR) is 48.0 cm³/mol. The van der Waals surface area contributed by atoms with Gasteiger partial charge in [0.15, 0.2) is 11.0 Å². The number of nitrogens with zero attached hydrogens (tertiary/aromatic N) is 1. The lowest BCUT2D eigenvalue weighted by Gasteiger charge is -1.92. The van der Waals surface area contributed by atoms with Crippen LogP contribution in [-0.4, -0.2) is 21.0 Å². The second kappa shape index (κ2) is 2.95. The summed E-state index contributed by atoms with van der Waals surface area (Å²) in [5.74, 6) is -1.87. The number of halogens is 2. The summed E-state index contributed by atoms with van der Waals surface area (Å²) in [7, 11) is 0. The van der Waals surface area contributed by atoms with E-state index in [1.54, 1.807) is 0 Å². The number of hydrogen-bond acceptors (Lipinski definition) is 2. The summed E-state index contributed by atoms with van der Waals surface area (Å²) in [6.07, 6.45) is 1.28. The highest BCUT2D eigenvalue weighted by molar-refractivity contribution is 6.30. The first-order valence-electron chi connectivity index (χ1n) is 3.65. The molecule has 14 heavy (non-hydrogen) atoms. The second-order valence-corrected chi connectivity index (χ2v) is 3.04. The van der Waals surface area contributed by atoms with E-state index in [1.165, 1.54) is 12.3 Å². The summed E-state index contributed by atoms with van der Waals surface area (Å²) < 4.78 is 13.3. The van der Waals surface area contributed by atoms with Gasteiger partial charge in [0, 0.05) is 5.39 Å². The molecule has 0 fully saturated rings. The van der Waals surface area contributed by atoms with Crippen LogP contribution >= 0.6 is 11.6 Å². The van der Waals surface area contributed by atoms with Gasteiger partial charge in [-0.15, -0.1) is 0 Å². The molecule has 0 atom stereocenters. The van der Waals surface area contributed by atoms with E-state index >= 15 is 0 Å². The van der Waals surface area contributed by atoms with Gasteiger partial charge in [0.2, 0.25) is 0 Å². The van der Waals surface area contributed by atoms with Gasteiger partial charge in [0.25, 0.3) is 0 Å². The fourth-order valence-electron chi connectivity index (χ4n) is 1.16. The van der Waals surface area contributed by atoms with Gasteiger partial charge in [-0.05, 0) is 6.07 Å². The van der Waals surface area contributed by atoms with Gasteiger partial charge >= 0.3 is 5.97 Å². The van der Waals surface area contributed by atoms with E-state index in [2.05, 4.69) is 9.97 Å². The van der Waals surface area contributed by atoms with Gasteiger partial charge in [-0.25, -0.2) is 14.2 Å². The molecule has 0 aliphatic carbocycles. The van der Waals surface area contributed by atoms with Crippen LogP contribution in [0.1, 0.15) is 10.5 Å². The van der Waals surface area contributed by atoms with Gasteiger partial charge in [-0.1, -0.05) is 11.6 Å². The maximum atomic E-state index is 13.3. The van der Waals surface area contributed by atoms with Crippen LogP contribution in [0.5, 0.6) is 0 Å². The Kier molecular flexibility index (Phi) is 1.89. The van der Waals surface area contributed by atoms with E-state index in [0.29, 0.717) is 5.52 Å². The molecule has 0 radical (unpaired) electrons. The van der Waals surface area contributed by atoms with Crippen molar-refractivity contribution in [2.75, 3.05) is 0 Å². The largest absolute Gasteiger partial charge is 0.477 e. The number of carbonyl (C=O) groups is 1. The molecule has 2 N–H and O–H groups in total. The van der Waals surface area contributed by atoms with Crippen LogP contribution in [0.15, 0.2) is 12.3 Å². The third kappa shape index (κ3) is 1.22. The Bertz CT molecular complexity index is 523. The average molecular weight is 215 g/mol. The highest BCUT2D eigenvalue weighted by Crippen LogP contribution is 2.22. The molecule has 2 aromatic rings. The minimum atomic E-state index is -1.16. The minimum absolute atomic E-state index is 0.0945. The summed E-state index contributed by atoms with van der Waals surface area (Å²) in [6, 6.07) is 1.18. The van der Waals surface area contributed by atoms with Crippen LogP contribution in [0.25, 0.3) is 10.9 Å². The molecular formula is C8H4ClFN2O2. The summed E-state index contributed by atoms with van der Waals surface area (Å²) in [4.78, 5) is 16.6. The first-order chi connectivity index (χ1) is 6.59. The van der Waals surface area contributed by atoms with Crippen LogP contribution in [0.3, 0.4) is 0 Å². The molecule has 0 spiro atoms. The van der Waals surface area contributed by atoms with Crippen molar-refractivity contribution < 1.29 is 14.3 Å². The molecule has 72 valence electrons. The molecule has 4 nitrogen and oxygen atoms in total. The van der Waals surface area contributed by atoms with Crippen molar-refractivity contribution >= 4 is 28.5 Å². The topological polar surface area (TPSA) is 66.0 Å². The van der Waals surface area contributed by atoms with E-state index < -0.39 is 11.8 Å². The highest BCUT2D eigenvalue weighted by atomic mass is 35.5. The Morgan fingerprint density at radius 1 is 1.64 bits per heavy atom. The number of nitrogens with one attached hydrogen (secondary N) is 1. The maximum Gasteiger partial charge on any atom is 0.352 e. The number of carboxylic acid groups (broad SMARTS) is 1. The van der Waals surface area contributed by atoms with E-state index in [9.17, 15) is 9.18 Å². The van der Waals surface area contributed by atoms with Crippen molar-refractivity contribution in [2.24, 2.45) is 0 Å². The quantitative estimate of drug-likeness (QED) is 0.714. The number of carboxylic acids is 1. The maximum absolute atomic E-state index is 13.3. The Balaban J connectivity index is 2.77. The Hall–Kier alpha value is -1.62. The standard InChI is InChI=1S/C8H4ClFN2O2/c9-7-6(10)3-1-4(8(13)14)12-5(3)2-11-7/h1-2,12H,(H,13,14). The lowest BCUT2D eigenvalue weighted by atomic mass is 10.3. The van der Waals surface area contributed by atoms with Crippen LogP contribution in [-0.2, 0) is 0 Å². The second-order valence-electron chi connectivity index (χ2n) is 2.68. The first-order valence-corrected chi connectivity index (χ1v) is 4.03. The van der Waals surface area contributed by atoms with Crippen molar-refractivity contribution in [2.45, 2.75) is 0 Å². The predicted octanol–water partition coefficient (Wildman–Crippen LogP) is 2.05. The molecule has 0 saturated heterocycles. The fraction of sp³-hybridized carbons (Fsp3) is 0. The summed E-state index contributed by atoms with van der Waals surface area (Å²) in [5.41, 5.74) is 0.215. The van der Waals surface area contributed by atoms with Crippen LogP contribution in [0.2, 0.25) is 5.15 Å². The zero-order valence-corrected chi connectivity index (χ0v) is 7.47. The monoisotopic (exact) mass is 214 g/mol. The molecule has 0 aliphatic rings. The van der Waals surface area contributed by atoms with Gasteiger partial charge in [0.1, 0.15) is 5.69 Å². The van der Waals surface area contributed by atoms with Gasteiger partial charge < -0.3 is 10.1 Å². The Morgan fingerprint density at radius 2 is 2.36 bits per heavy atom. The molecule has 0 aliphatic heterocycles. The summed E-state index contributed by atoms with van der Waals surface area (Å²) in [6.45, 7) is 0. The number of hydrogen-bond donors (Lipinski definition) is 2. The molecule has 0 amide bonds. The number of aromatic nitrogens is 2. The van der Waals surface area contributed by atoms with Gasteiger partial charge in [-0.3, -0.25) is 0 Å². The Labute approximate surface area is 82.3 Å². The third-order valence-corrected chi connectivity index (χ3v) is 2.07. The molecule has 0 unspecified atom stereocenters. The molecule has 2 aromatic heterocycles. The van der Waals surface area contributed by atoms with E-state index in [1.807, 2.05) is 0 Å². The number of aromatic amines is 1. The summed E-state index contributed by atoms with van der Waals surface area (Å²) in [5, 5.41) is 8.50. The molecular weight excluding hydrogens is 211 g/mol. The van der Waals surface area contributed by atoms with Crippen molar-refractivity contribution in [3.8, 4) is 0 Å². The SMILES string of the molecule is O=C(O)c1cc2c(F)c(Cl)ncc2[nH]1. The average Bonchev–Trinajstić information content (AvgIpc) is 2.56. The van der Waals surface area contributed by atoms with Crippen molar-refractivity contribution in [1.82, 2.24) is 9.97 Å². The van der Waals surface area contributed by atoms with Crippen molar-refractivity contribution in [1.29, 1.82) is 0 Å². The molecule has 0 bridgehead atoms. The van der Waals surface area contributed by atoms with E-state index in [-0.39, 0.29) is 16.2 Å². The molecule has 6 heteroatoms. The number of pyridine rings is 1. The summed E-state index contributed by atoms with van der Waals surface area (Å²) >= 11 is 5.43. The van der Waals surface area contributed by atoms with Gasteiger partial charge in [-0.2, -0.15) is 0 Å². The molecule has 2 heterocycles. The van der Waals surface area contributed by atoms with Crippen LogP contribution in [0.4, 0.5) is 4.39 Å². The highest BCUT2D eigenvalue weighted by Gasteiger charge is 2.13.